The zero-order chi connectivity index (χ0) is 12.7. The molecule has 1 atom stereocenters. The Morgan fingerprint density at radius 3 is 2.94 bits per heavy atom. The molecule has 0 saturated carbocycles. The average molecular weight is 237 g/mol. The number of rotatable bonds is 7. The molecule has 96 valence electrons. The van der Waals surface area contributed by atoms with Crippen molar-refractivity contribution < 1.29 is 0 Å². The van der Waals surface area contributed by atoms with Gasteiger partial charge in [-0.15, -0.1) is 0 Å². The van der Waals surface area contributed by atoms with Crippen LogP contribution in [0.5, 0.6) is 0 Å². The van der Waals surface area contributed by atoms with Gasteiger partial charge >= 0.3 is 0 Å². The van der Waals surface area contributed by atoms with E-state index in [1.165, 1.54) is 6.42 Å². The highest BCUT2D eigenvalue weighted by Crippen LogP contribution is 2.10. The molecule has 1 rings (SSSR count). The van der Waals surface area contributed by atoms with Gasteiger partial charge in [0, 0.05) is 37.1 Å². The van der Waals surface area contributed by atoms with Crippen LogP contribution in [0.15, 0.2) is 18.3 Å². The van der Waals surface area contributed by atoms with Gasteiger partial charge in [0.2, 0.25) is 0 Å². The Labute approximate surface area is 103 Å². The monoisotopic (exact) mass is 237 g/mol. The van der Waals surface area contributed by atoms with Crippen LogP contribution in [0.4, 0.5) is 11.5 Å². The maximum atomic E-state index is 5.30. The van der Waals surface area contributed by atoms with Crippen LogP contribution in [0.1, 0.15) is 20.3 Å². The fourth-order valence-electron chi connectivity index (χ4n) is 1.53. The Bertz CT molecular complexity index is 328. The molecule has 0 amide bonds. The second-order valence-electron chi connectivity index (χ2n) is 4.24. The van der Waals surface area contributed by atoms with Crippen LogP contribution in [-0.2, 0) is 0 Å². The van der Waals surface area contributed by atoms with E-state index >= 15 is 0 Å². The molecule has 1 aromatic heterocycles. The number of nitrogens with one attached hydrogen (secondary N) is 2. The van der Waals surface area contributed by atoms with Crippen LogP contribution in [0, 0.1) is 0 Å². The Morgan fingerprint density at radius 2 is 2.29 bits per heavy atom. The highest BCUT2D eigenvalue weighted by molar-refractivity contribution is 5.51. The zero-order valence-corrected chi connectivity index (χ0v) is 10.9. The summed E-state index contributed by atoms with van der Waals surface area (Å²) in [6.45, 7) is 6.37. The van der Waals surface area contributed by atoms with Gasteiger partial charge in [0.05, 0.1) is 0 Å². The summed E-state index contributed by atoms with van der Waals surface area (Å²) in [5.41, 5.74) is 3.57. The van der Waals surface area contributed by atoms with Gasteiger partial charge in [-0.2, -0.15) is 0 Å². The molecule has 0 aliphatic heterocycles. The summed E-state index contributed by atoms with van der Waals surface area (Å²) in [6, 6.07) is 4.45. The number of nitrogen functional groups attached to an aromatic ring is 1. The fourth-order valence-corrected chi connectivity index (χ4v) is 1.53. The van der Waals surface area contributed by atoms with Crippen LogP contribution >= 0.6 is 0 Å². The van der Waals surface area contributed by atoms with E-state index in [0.717, 1.165) is 18.8 Å². The first-order valence-corrected chi connectivity index (χ1v) is 6.04. The highest BCUT2D eigenvalue weighted by atomic mass is 15.2. The molecule has 0 spiro atoms. The van der Waals surface area contributed by atoms with Gasteiger partial charge in [0.25, 0.3) is 0 Å². The summed E-state index contributed by atoms with van der Waals surface area (Å²) in [6.07, 6.45) is 2.91. The van der Waals surface area contributed by atoms with Crippen molar-refractivity contribution >= 4 is 11.5 Å². The molecule has 0 aliphatic rings. The first-order chi connectivity index (χ1) is 8.17. The summed E-state index contributed by atoms with van der Waals surface area (Å²) in [5, 5.41) is 3.35. The lowest BCUT2D eigenvalue weighted by Crippen LogP contribution is -2.32. The number of hydrogen-bond acceptors (Lipinski definition) is 5. The van der Waals surface area contributed by atoms with Crippen molar-refractivity contribution in [3.05, 3.63) is 18.3 Å². The summed E-state index contributed by atoms with van der Waals surface area (Å²) in [4.78, 5) is 6.40. The molecule has 5 nitrogen and oxygen atoms in total. The topological polar surface area (TPSA) is 66.2 Å². The van der Waals surface area contributed by atoms with Crippen molar-refractivity contribution in [3.8, 4) is 0 Å². The van der Waals surface area contributed by atoms with E-state index in [4.69, 9.17) is 5.84 Å². The van der Waals surface area contributed by atoms with Gasteiger partial charge in [-0.25, -0.2) is 10.8 Å². The lowest BCUT2D eigenvalue weighted by Gasteiger charge is -2.23. The van der Waals surface area contributed by atoms with Gasteiger partial charge in [0.1, 0.15) is 5.82 Å². The smallest absolute Gasteiger partial charge is 0.141 e. The summed E-state index contributed by atoms with van der Waals surface area (Å²) >= 11 is 0. The van der Waals surface area contributed by atoms with Crippen molar-refractivity contribution in [2.24, 2.45) is 5.84 Å². The number of aromatic nitrogens is 1. The van der Waals surface area contributed by atoms with Gasteiger partial charge in [-0.05, 0) is 26.5 Å². The molecule has 5 heteroatoms. The Hall–Kier alpha value is -1.33. The third-order valence-electron chi connectivity index (χ3n) is 3.04. The molecule has 0 fully saturated rings. The lowest BCUT2D eigenvalue weighted by molar-refractivity contribution is 0.261. The Morgan fingerprint density at radius 1 is 1.53 bits per heavy atom. The van der Waals surface area contributed by atoms with Crippen LogP contribution in [0.2, 0.25) is 0 Å². The molecule has 1 aromatic rings. The van der Waals surface area contributed by atoms with Crippen molar-refractivity contribution in [2.45, 2.75) is 26.3 Å². The van der Waals surface area contributed by atoms with Crippen molar-refractivity contribution in [3.63, 3.8) is 0 Å². The number of nitrogens with two attached hydrogens (primary N) is 1. The molecular formula is C12H23N5. The minimum atomic E-state index is 0.621. The summed E-state index contributed by atoms with van der Waals surface area (Å²) < 4.78 is 0. The van der Waals surface area contributed by atoms with E-state index < -0.39 is 0 Å². The number of hydrogen-bond donors (Lipinski definition) is 3. The minimum Gasteiger partial charge on any atom is -0.384 e. The molecule has 0 aromatic carbocycles. The lowest BCUT2D eigenvalue weighted by atomic mass is 10.2. The van der Waals surface area contributed by atoms with E-state index in [9.17, 15) is 0 Å². The Kier molecular flexibility index (Phi) is 5.72. The number of pyridine rings is 1. The normalized spacial score (nSPS) is 12.5. The molecule has 17 heavy (non-hydrogen) atoms. The van der Waals surface area contributed by atoms with Gasteiger partial charge < -0.3 is 15.6 Å². The number of hydrazine groups is 1. The predicted molar refractivity (Wildman–Crippen MR) is 72.9 cm³/mol. The third-order valence-corrected chi connectivity index (χ3v) is 3.04. The fraction of sp³-hybridized carbons (Fsp3) is 0.583. The highest BCUT2D eigenvalue weighted by Gasteiger charge is 2.05. The van der Waals surface area contributed by atoms with E-state index in [0.29, 0.717) is 11.9 Å². The van der Waals surface area contributed by atoms with Gasteiger partial charge in [0.15, 0.2) is 0 Å². The summed E-state index contributed by atoms with van der Waals surface area (Å²) in [5.74, 6) is 5.98. The minimum absolute atomic E-state index is 0.621. The van der Waals surface area contributed by atoms with Crippen molar-refractivity contribution in [1.29, 1.82) is 0 Å². The Balaban J connectivity index is 2.35. The second-order valence-corrected chi connectivity index (χ2v) is 4.24. The first-order valence-electron chi connectivity index (χ1n) is 6.04. The van der Waals surface area contributed by atoms with Crippen molar-refractivity contribution in [1.82, 2.24) is 9.88 Å². The predicted octanol–water partition coefficient (Wildman–Crippen LogP) is 1.51. The van der Waals surface area contributed by atoms with E-state index in [1.54, 1.807) is 6.20 Å². The molecule has 1 heterocycles. The van der Waals surface area contributed by atoms with Crippen LogP contribution in [0.3, 0.4) is 0 Å². The standard InChI is InChI=1S/C12H23N5/c1-4-10(2)17(3)8-7-14-11-5-6-15-12(9-11)16-13/h5-6,9-10H,4,7-8,13H2,1-3H3,(H2,14,15,16). The van der Waals surface area contributed by atoms with Crippen LogP contribution in [-0.4, -0.2) is 36.1 Å². The number of likely N-dealkylation sites (N-methyl/N-ethyl adjacent to an activating group) is 1. The molecule has 1 unspecified atom stereocenters. The van der Waals surface area contributed by atoms with Crippen LogP contribution < -0.4 is 16.6 Å². The quantitative estimate of drug-likeness (QED) is 0.495. The molecule has 0 saturated heterocycles. The molecule has 4 N–H and O–H groups in total. The van der Waals surface area contributed by atoms with Gasteiger partial charge in [-0.1, -0.05) is 6.92 Å². The largest absolute Gasteiger partial charge is 0.384 e. The molecular weight excluding hydrogens is 214 g/mol. The molecule has 0 bridgehead atoms. The zero-order valence-electron chi connectivity index (χ0n) is 10.9. The maximum Gasteiger partial charge on any atom is 0.141 e. The van der Waals surface area contributed by atoms with Gasteiger partial charge in [-0.3, -0.25) is 0 Å². The first kappa shape index (κ1) is 13.7. The van der Waals surface area contributed by atoms with Crippen LogP contribution in [0.25, 0.3) is 0 Å². The van der Waals surface area contributed by atoms with E-state index in [-0.39, 0.29) is 0 Å². The second kappa shape index (κ2) is 7.09. The maximum absolute atomic E-state index is 5.30. The van der Waals surface area contributed by atoms with E-state index in [2.05, 4.69) is 41.5 Å². The molecule has 0 aliphatic carbocycles. The van der Waals surface area contributed by atoms with E-state index in [1.807, 2.05) is 12.1 Å². The van der Waals surface area contributed by atoms with Crippen molar-refractivity contribution in [2.75, 3.05) is 30.9 Å². The number of nitrogens with zero attached hydrogens (tertiary/aromatic N) is 2. The third kappa shape index (κ3) is 4.58. The average Bonchev–Trinajstić information content (AvgIpc) is 2.37. The molecule has 0 radical (unpaired) electrons. The SMILES string of the molecule is CCC(C)N(C)CCNc1ccnc(NN)c1. The summed E-state index contributed by atoms with van der Waals surface area (Å²) in [7, 11) is 2.15. The number of anilines is 2.